The zero-order valence-electron chi connectivity index (χ0n) is 24.7. The average Bonchev–Trinajstić information content (AvgIpc) is 3.41. The number of allylic oxidation sites excluding steroid dienone is 1. The lowest BCUT2D eigenvalue weighted by Crippen LogP contribution is -2.54. The molecule has 244 valence electrons. The van der Waals surface area contributed by atoms with E-state index < -0.39 is 41.0 Å². The molecule has 1 amide bonds. The fourth-order valence-corrected chi connectivity index (χ4v) is 5.70. The standard InChI is InChI=1S/C31H35F6N5O3/c1-21(39-45-13-10-40-8-11-44-12-9-40)19-41-6-7-42(26(20-41)16-23-18-38-28-5-3-2-4-27(23)28)29(43)22-14-24(30(32,33)34)17-25(15-22)31(35,36)37/h2-5,14-15,17-19,26,38-39H,6-13,16,20H2,1H3/t26-/m1/s1. The van der Waals surface area contributed by atoms with Gasteiger partial charge in [-0.1, -0.05) is 18.2 Å². The first-order chi connectivity index (χ1) is 21.4. The summed E-state index contributed by atoms with van der Waals surface area (Å²) < 4.78 is 86.7. The van der Waals surface area contributed by atoms with Crippen molar-refractivity contribution in [2.24, 2.45) is 0 Å². The van der Waals surface area contributed by atoms with Crippen LogP contribution in [0.5, 0.6) is 0 Å². The Balaban J connectivity index is 1.35. The Labute approximate surface area is 256 Å². The number of halogens is 6. The highest BCUT2D eigenvalue weighted by Gasteiger charge is 2.39. The highest BCUT2D eigenvalue weighted by atomic mass is 19.4. The van der Waals surface area contributed by atoms with Crippen molar-refractivity contribution in [2.45, 2.75) is 31.7 Å². The molecule has 3 heterocycles. The summed E-state index contributed by atoms with van der Waals surface area (Å²) >= 11 is 0. The first kappa shape index (κ1) is 32.6. The molecule has 45 heavy (non-hydrogen) atoms. The van der Waals surface area contributed by atoms with Gasteiger partial charge in [-0.3, -0.25) is 20.0 Å². The van der Waals surface area contributed by atoms with E-state index in [4.69, 9.17) is 9.57 Å². The van der Waals surface area contributed by atoms with Crippen molar-refractivity contribution in [2.75, 3.05) is 59.1 Å². The molecule has 1 atom stereocenters. The number of fused-ring (bicyclic) bond motifs is 1. The van der Waals surface area contributed by atoms with Crippen LogP contribution in [0.4, 0.5) is 26.3 Å². The number of rotatable bonds is 9. The maximum atomic E-state index is 13.7. The number of para-hydroxylation sites is 1. The van der Waals surface area contributed by atoms with Crippen molar-refractivity contribution < 1.29 is 40.7 Å². The fourth-order valence-electron chi connectivity index (χ4n) is 5.70. The largest absolute Gasteiger partial charge is 0.416 e. The molecule has 3 aromatic rings. The number of aromatic nitrogens is 1. The Morgan fingerprint density at radius 3 is 2.40 bits per heavy atom. The molecule has 2 aliphatic heterocycles. The molecular weight excluding hydrogens is 604 g/mol. The molecule has 5 rings (SSSR count). The van der Waals surface area contributed by atoms with Crippen LogP contribution >= 0.6 is 0 Å². The van der Waals surface area contributed by atoms with Crippen LogP contribution in [0.25, 0.3) is 10.9 Å². The van der Waals surface area contributed by atoms with Gasteiger partial charge in [0.15, 0.2) is 0 Å². The van der Waals surface area contributed by atoms with E-state index in [1.807, 2.05) is 48.5 Å². The van der Waals surface area contributed by atoms with Crippen LogP contribution in [0.15, 0.2) is 60.6 Å². The first-order valence-corrected chi connectivity index (χ1v) is 14.6. The van der Waals surface area contributed by atoms with E-state index in [-0.39, 0.29) is 12.6 Å². The second-order valence-corrected chi connectivity index (χ2v) is 11.2. The maximum Gasteiger partial charge on any atom is 0.416 e. The summed E-state index contributed by atoms with van der Waals surface area (Å²) in [7, 11) is 0. The summed E-state index contributed by atoms with van der Waals surface area (Å²) in [6.07, 6.45) is -6.14. The van der Waals surface area contributed by atoms with Gasteiger partial charge >= 0.3 is 12.4 Å². The predicted octanol–water partition coefficient (Wildman–Crippen LogP) is 5.29. The lowest BCUT2D eigenvalue weighted by atomic mass is 9.99. The highest BCUT2D eigenvalue weighted by Crippen LogP contribution is 2.37. The Hall–Kier alpha value is -3.75. The molecule has 2 aliphatic rings. The number of alkyl halides is 6. The third-order valence-electron chi connectivity index (χ3n) is 7.96. The van der Waals surface area contributed by atoms with Crippen LogP contribution in [0.3, 0.4) is 0 Å². The number of piperazine rings is 1. The number of carbonyl (C=O) groups is 1. The molecule has 0 bridgehead atoms. The third kappa shape index (κ3) is 8.30. The molecule has 2 aromatic carbocycles. The van der Waals surface area contributed by atoms with Gasteiger partial charge in [0, 0.05) is 68.1 Å². The molecule has 14 heteroatoms. The SMILES string of the molecule is CC(=CN1CCN(C(=O)c2cc(C(F)(F)F)cc(C(F)(F)F)c2)[C@H](Cc2c[nH]c3ccccc23)C1)NOCCN1CCOCC1. The molecule has 8 nitrogen and oxygen atoms in total. The van der Waals surface area contributed by atoms with Crippen molar-refractivity contribution >= 4 is 16.8 Å². The van der Waals surface area contributed by atoms with Crippen molar-refractivity contribution in [1.82, 2.24) is 25.2 Å². The van der Waals surface area contributed by atoms with Crippen LogP contribution in [0.1, 0.15) is 34.0 Å². The summed E-state index contributed by atoms with van der Waals surface area (Å²) in [4.78, 5) is 28.1. The highest BCUT2D eigenvalue weighted by molar-refractivity contribution is 5.95. The smallest absolute Gasteiger partial charge is 0.379 e. The van der Waals surface area contributed by atoms with Gasteiger partial charge in [0.1, 0.15) is 0 Å². The minimum absolute atomic E-state index is 0.0295. The molecule has 2 N–H and O–H groups in total. The molecule has 0 aliphatic carbocycles. The van der Waals surface area contributed by atoms with Crippen molar-refractivity contribution in [3.63, 3.8) is 0 Å². The summed E-state index contributed by atoms with van der Waals surface area (Å²) in [5, 5.41) is 0.919. The van der Waals surface area contributed by atoms with Gasteiger partial charge in [0.05, 0.1) is 42.7 Å². The number of nitrogens with one attached hydrogen (secondary N) is 2. The van der Waals surface area contributed by atoms with E-state index in [1.54, 1.807) is 0 Å². The number of amides is 1. The van der Waals surface area contributed by atoms with E-state index in [2.05, 4.69) is 15.4 Å². The van der Waals surface area contributed by atoms with Crippen molar-refractivity contribution in [1.29, 1.82) is 0 Å². The number of nitrogens with zero attached hydrogens (tertiary/aromatic N) is 3. The van der Waals surface area contributed by atoms with Gasteiger partial charge in [0.25, 0.3) is 5.91 Å². The van der Waals surface area contributed by atoms with Gasteiger partial charge in [-0.15, -0.1) is 0 Å². The number of hydrogen-bond acceptors (Lipinski definition) is 6. The summed E-state index contributed by atoms with van der Waals surface area (Å²) in [5.41, 5.74) is 1.67. The Morgan fingerprint density at radius 2 is 1.71 bits per heavy atom. The number of H-pyrrole nitrogens is 1. The second-order valence-electron chi connectivity index (χ2n) is 11.2. The lowest BCUT2D eigenvalue weighted by Gasteiger charge is -2.41. The zero-order chi connectivity index (χ0) is 32.2. The van der Waals surface area contributed by atoms with Crippen molar-refractivity contribution in [3.05, 3.63) is 82.8 Å². The van der Waals surface area contributed by atoms with E-state index in [1.165, 1.54) is 4.90 Å². The molecule has 1 aromatic heterocycles. The minimum atomic E-state index is -5.06. The van der Waals surface area contributed by atoms with Gasteiger partial charge in [-0.25, -0.2) is 0 Å². The third-order valence-corrected chi connectivity index (χ3v) is 7.96. The summed E-state index contributed by atoms with van der Waals surface area (Å²) in [5.74, 6) is -0.888. The summed E-state index contributed by atoms with van der Waals surface area (Å²) in [6.45, 7) is 6.78. The lowest BCUT2D eigenvalue weighted by molar-refractivity contribution is -0.143. The number of hydrogen-bond donors (Lipinski definition) is 2. The van der Waals surface area contributed by atoms with Gasteiger partial charge in [-0.2, -0.15) is 26.3 Å². The molecule has 0 unspecified atom stereocenters. The molecule has 0 spiro atoms. The van der Waals surface area contributed by atoms with Crippen LogP contribution in [0, 0.1) is 0 Å². The van der Waals surface area contributed by atoms with Crippen LogP contribution in [-0.2, 0) is 28.3 Å². The second kappa shape index (κ2) is 13.7. The summed E-state index contributed by atoms with van der Waals surface area (Å²) in [6, 6.07) is 8.02. The monoisotopic (exact) mass is 639 g/mol. The maximum absolute atomic E-state index is 13.7. The Bertz CT molecular complexity index is 1470. The molecule has 0 saturated carbocycles. The average molecular weight is 640 g/mol. The van der Waals surface area contributed by atoms with Crippen LogP contribution in [-0.4, -0.2) is 90.7 Å². The van der Waals surface area contributed by atoms with Crippen LogP contribution < -0.4 is 5.48 Å². The normalized spacial score (nSPS) is 18.9. The van der Waals surface area contributed by atoms with E-state index in [9.17, 15) is 31.1 Å². The Kier molecular flexibility index (Phi) is 9.94. The molecule has 2 saturated heterocycles. The zero-order valence-corrected chi connectivity index (χ0v) is 24.7. The number of carbonyl (C=O) groups excluding carboxylic acids is 1. The molecule has 2 fully saturated rings. The molecular formula is C31H35F6N5O3. The quantitative estimate of drug-likeness (QED) is 0.189. The topological polar surface area (TPSA) is 73.1 Å². The number of ether oxygens (including phenoxy) is 1. The van der Waals surface area contributed by atoms with Crippen molar-refractivity contribution in [3.8, 4) is 0 Å². The Morgan fingerprint density at radius 1 is 1.02 bits per heavy atom. The first-order valence-electron chi connectivity index (χ1n) is 14.6. The van der Waals surface area contributed by atoms with Gasteiger partial charge in [-0.05, 0) is 43.2 Å². The van der Waals surface area contributed by atoms with Gasteiger partial charge in [0.2, 0.25) is 0 Å². The number of aromatic amines is 1. The predicted molar refractivity (Wildman–Crippen MR) is 155 cm³/mol. The molecule has 0 radical (unpaired) electrons. The van der Waals surface area contributed by atoms with E-state index in [0.717, 1.165) is 36.1 Å². The van der Waals surface area contributed by atoms with E-state index in [0.29, 0.717) is 57.2 Å². The van der Waals surface area contributed by atoms with Gasteiger partial charge < -0.3 is 19.5 Å². The fraction of sp³-hybridized carbons (Fsp3) is 0.452. The van der Waals surface area contributed by atoms with Crippen LogP contribution in [0.2, 0.25) is 0 Å². The van der Waals surface area contributed by atoms with E-state index >= 15 is 0 Å². The number of morpholine rings is 1. The number of hydroxylamine groups is 1. The minimum Gasteiger partial charge on any atom is -0.379 e. The number of benzene rings is 2.